The van der Waals surface area contributed by atoms with E-state index >= 15 is 0 Å². The molecule has 2 aromatic rings. The van der Waals surface area contributed by atoms with Crippen molar-refractivity contribution < 1.29 is 38.7 Å². The van der Waals surface area contributed by atoms with Crippen molar-refractivity contribution in [2.75, 3.05) is 54.6 Å². The van der Waals surface area contributed by atoms with Gasteiger partial charge in [-0.25, -0.2) is 0 Å². The minimum absolute atomic E-state index is 0.0806. The molecule has 0 aromatic heterocycles. The van der Waals surface area contributed by atoms with Gasteiger partial charge in [0.05, 0.1) is 39.6 Å². The van der Waals surface area contributed by atoms with Crippen LogP contribution in [0.5, 0.6) is 23.0 Å². The molecule has 2 aromatic carbocycles. The first-order valence-electron chi connectivity index (χ1n) is 17.1. The fourth-order valence-corrected chi connectivity index (χ4v) is 8.12. The average molecular weight is 667 g/mol. The lowest BCUT2D eigenvalue weighted by atomic mass is 9.79. The van der Waals surface area contributed by atoms with Gasteiger partial charge in [-0.3, -0.25) is 19.4 Å². The van der Waals surface area contributed by atoms with E-state index in [0.29, 0.717) is 37.2 Å². The van der Waals surface area contributed by atoms with Crippen LogP contribution in [0.2, 0.25) is 0 Å². The Balaban J connectivity index is 0.000000188. The molecule has 0 saturated carbocycles. The molecule has 2 saturated heterocycles. The van der Waals surface area contributed by atoms with Crippen LogP contribution in [0.1, 0.15) is 87.7 Å². The SMILES string of the molecule is COc1cc2c(cc1OC)[C@@H]1CC(=O)[C@@H](CC(C)(C)O)CN1CC2.COc1cc2c(cc1OC)[C@H]1CC(=O)[C@H](CC(C)(C)O)CN1CC2. The van der Waals surface area contributed by atoms with E-state index in [4.69, 9.17) is 18.9 Å². The summed E-state index contributed by atoms with van der Waals surface area (Å²) < 4.78 is 21.7. The first-order valence-corrected chi connectivity index (χ1v) is 17.1. The van der Waals surface area contributed by atoms with E-state index < -0.39 is 11.2 Å². The number of fused-ring (bicyclic) bond motifs is 6. The third-order valence-corrected chi connectivity index (χ3v) is 10.3. The van der Waals surface area contributed by atoms with E-state index in [1.54, 1.807) is 56.1 Å². The topological polar surface area (TPSA) is 118 Å². The van der Waals surface area contributed by atoms with Crippen LogP contribution < -0.4 is 18.9 Å². The number of ketones is 2. The number of carbonyl (C=O) groups is 2. The lowest BCUT2D eigenvalue weighted by Gasteiger charge is -2.44. The summed E-state index contributed by atoms with van der Waals surface area (Å²) >= 11 is 0. The molecule has 2 fully saturated rings. The molecular weight excluding hydrogens is 612 g/mol. The zero-order chi connectivity index (χ0) is 35.0. The van der Waals surface area contributed by atoms with Crippen molar-refractivity contribution in [2.45, 2.75) is 89.5 Å². The quantitative estimate of drug-likeness (QED) is 0.411. The number of methoxy groups -OCH3 is 4. The summed E-state index contributed by atoms with van der Waals surface area (Å²) in [7, 11) is 6.56. The number of ether oxygens (including phenoxy) is 4. The first kappa shape index (κ1) is 36.1. The van der Waals surface area contributed by atoms with Gasteiger partial charge >= 0.3 is 0 Å². The molecule has 0 unspecified atom stereocenters. The van der Waals surface area contributed by atoms with Gasteiger partial charge in [-0.2, -0.15) is 0 Å². The largest absolute Gasteiger partial charge is 0.493 e. The van der Waals surface area contributed by atoms with Crippen molar-refractivity contribution in [2.24, 2.45) is 11.8 Å². The Bertz CT molecular complexity index is 1380. The minimum Gasteiger partial charge on any atom is -0.493 e. The number of aliphatic hydroxyl groups is 2. The second kappa shape index (κ2) is 14.4. The highest BCUT2D eigenvalue weighted by molar-refractivity contribution is 5.84. The predicted octanol–water partition coefficient (Wildman–Crippen LogP) is 4.71. The first-order chi connectivity index (χ1) is 22.6. The molecule has 4 aliphatic rings. The van der Waals surface area contributed by atoms with Gasteiger partial charge in [0, 0.05) is 62.9 Å². The molecule has 0 spiro atoms. The number of carbonyl (C=O) groups excluding carboxylic acids is 2. The Kier molecular flexibility index (Phi) is 10.8. The van der Waals surface area contributed by atoms with Gasteiger partial charge < -0.3 is 29.2 Å². The number of hydrogen-bond acceptors (Lipinski definition) is 10. The maximum Gasteiger partial charge on any atom is 0.161 e. The molecule has 0 bridgehead atoms. The molecule has 0 amide bonds. The second-order valence-electron chi connectivity index (χ2n) is 15.1. The van der Waals surface area contributed by atoms with Gasteiger partial charge in [0.2, 0.25) is 0 Å². The highest BCUT2D eigenvalue weighted by Crippen LogP contribution is 2.44. The molecule has 0 aliphatic carbocycles. The fraction of sp³-hybridized carbons (Fsp3) is 0.632. The summed E-state index contributed by atoms with van der Waals surface area (Å²) in [6.07, 6.45) is 3.93. The van der Waals surface area contributed by atoms with Gasteiger partial charge in [-0.1, -0.05) is 0 Å². The average Bonchev–Trinajstić information content (AvgIpc) is 3.03. The molecule has 4 heterocycles. The lowest BCUT2D eigenvalue weighted by molar-refractivity contribution is -0.132. The van der Waals surface area contributed by atoms with E-state index in [0.717, 1.165) is 50.5 Å². The number of hydrogen-bond donors (Lipinski definition) is 2. The Hall–Kier alpha value is -3.18. The third-order valence-electron chi connectivity index (χ3n) is 10.3. The monoisotopic (exact) mass is 666 g/mol. The van der Waals surface area contributed by atoms with Crippen molar-refractivity contribution in [1.29, 1.82) is 0 Å². The van der Waals surface area contributed by atoms with Crippen molar-refractivity contribution in [3.05, 3.63) is 46.5 Å². The lowest BCUT2D eigenvalue weighted by Crippen LogP contribution is -2.47. The van der Waals surface area contributed by atoms with Crippen molar-refractivity contribution >= 4 is 11.6 Å². The normalized spacial score (nSPS) is 24.3. The smallest absolute Gasteiger partial charge is 0.161 e. The van der Waals surface area contributed by atoms with Crippen molar-refractivity contribution in [3.8, 4) is 23.0 Å². The van der Waals surface area contributed by atoms with Crippen LogP contribution in [0.3, 0.4) is 0 Å². The molecular formula is C38H54N2O8. The summed E-state index contributed by atoms with van der Waals surface area (Å²) in [5.41, 5.74) is 3.21. The van der Waals surface area contributed by atoms with Crippen LogP contribution in [0.4, 0.5) is 0 Å². The molecule has 10 heteroatoms. The van der Waals surface area contributed by atoms with Gasteiger partial charge in [0.1, 0.15) is 11.6 Å². The molecule has 6 rings (SSSR count). The molecule has 4 aliphatic heterocycles. The number of rotatable bonds is 8. The summed E-state index contributed by atoms with van der Waals surface area (Å²) in [6.45, 7) is 10.4. The molecule has 10 nitrogen and oxygen atoms in total. The predicted molar refractivity (Wildman–Crippen MR) is 183 cm³/mol. The van der Waals surface area contributed by atoms with Crippen molar-refractivity contribution in [3.63, 3.8) is 0 Å². The molecule has 2 N–H and O–H groups in total. The Labute approximate surface area is 285 Å². The molecule has 48 heavy (non-hydrogen) atoms. The van der Waals surface area contributed by atoms with Crippen LogP contribution in [0.15, 0.2) is 24.3 Å². The standard InChI is InChI=1S/2C19H27NO4/c2*1-19(2,22)10-13-11-20-6-5-12-7-17(23-3)18(24-4)8-14(12)15(20)9-16(13)21/h2*7-8,13,15,22H,5-6,9-11H2,1-4H3/t2*13-,15-/m10/s1. The van der Waals surface area contributed by atoms with E-state index in [-0.39, 0.29) is 35.5 Å². The van der Waals surface area contributed by atoms with Crippen molar-refractivity contribution in [1.82, 2.24) is 9.80 Å². The molecule has 4 atom stereocenters. The van der Waals surface area contributed by atoms with Gasteiger partial charge in [0.15, 0.2) is 23.0 Å². The number of piperidine rings is 2. The Morgan fingerprint density at radius 2 is 0.958 bits per heavy atom. The highest BCUT2D eigenvalue weighted by atomic mass is 16.5. The number of Topliss-reactive ketones (excluding diaryl/α,β-unsaturated/α-hetero) is 2. The van der Waals surface area contributed by atoms with Crippen LogP contribution in [-0.2, 0) is 22.4 Å². The third kappa shape index (κ3) is 7.99. The van der Waals surface area contributed by atoms with Gasteiger partial charge in [-0.05, 0) is 99.9 Å². The second-order valence-corrected chi connectivity index (χ2v) is 15.1. The summed E-state index contributed by atoms with van der Waals surface area (Å²) in [6, 6.07) is 8.35. The Morgan fingerprint density at radius 3 is 1.27 bits per heavy atom. The van der Waals surface area contributed by atoms with E-state index in [2.05, 4.69) is 9.80 Å². The maximum absolute atomic E-state index is 12.6. The zero-order valence-electron chi connectivity index (χ0n) is 29.9. The van der Waals surface area contributed by atoms with Gasteiger partial charge in [0.25, 0.3) is 0 Å². The van der Waals surface area contributed by atoms with E-state index in [1.807, 2.05) is 24.3 Å². The van der Waals surface area contributed by atoms with E-state index in [9.17, 15) is 19.8 Å². The zero-order valence-corrected chi connectivity index (χ0v) is 29.9. The summed E-state index contributed by atoms with van der Waals surface area (Å²) in [5.74, 6) is 3.25. The van der Waals surface area contributed by atoms with Crippen LogP contribution in [-0.4, -0.2) is 97.4 Å². The van der Waals surface area contributed by atoms with E-state index in [1.165, 1.54) is 22.3 Å². The number of benzene rings is 2. The number of nitrogens with zero attached hydrogens (tertiary/aromatic N) is 2. The fourth-order valence-electron chi connectivity index (χ4n) is 8.12. The molecule has 0 radical (unpaired) electrons. The highest BCUT2D eigenvalue weighted by Gasteiger charge is 2.41. The van der Waals surface area contributed by atoms with Crippen LogP contribution in [0.25, 0.3) is 0 Å². The van der Waals surface area contributed by atoms with Crippen LogP contribution >= 0.6 is 0 Å². The van der Waals surface area contributed by atoms with Crippen LogP contribution in [0, 0.1) is 11.8 Å². The summed E-state index contributed by atoms with van der Waals surface area (Å²) in [4.78, 5) is 30.0. The molecule has 264 valence electrons. The van der Waals surface area contributed by atoms with Gasteiger partial charge in [-0.15, -0.1) is 0 Å². The Morgan fingerprint density at radius 1 is 0.625 bits per heavy atom. The summed E-state index contributed by atoms with van der Waals surface area (Å²) in [5, 5.41) is 20.1. The minimum atomic E-state index is -0.808. The maximum atomic E-state index is 12.6.